The minimum atomic E-state index is -0.932. The Bertz CT molecular complexity index is 1450. The predicted molar refractivity (Wildman–Crippen MR) is 162 cm³/mol. The molecule has 10 nitrogen and oxygen atoms in total. The summed E-state index contributed by atoms with van der Waals surface area (Å²) in [5.74, 6) is -3.50. The molecule has 0 amide bonds. The maximum absolute atomic E-state index is 13.8. The summed E-state index contributed by atoms with van der Waals surface area (Å²) in [4.78, 5) is 26.2. The second kappa shape index (κ2) is 15.4. The van der Waals surface area contributed by atoms with E-state index in [4.69, 9.17) is 18.9 Å². The summed E-state index contributed by atoms with van der Waals surface area (Å²) >= 11 is 0. The zero-order valence-corrected chi connectivity index (χ0v) is 24.7. The van der Waals surface area contributed by atoms with Crippen LogP contribution in [-0.4, -0.2) is 71.7 Å². The number of rotatable bonds is 16. The summed E-state index contributed by atoms with van der Waals surface area (Å²) in [5, 5.41) is 18.7. The molecule has 1 aromatic heterocycles. The van der Waals surface area contributed by atoms with Crippen LogP contribution in [0.15, 0.2) is 91.1 Å². The Balaban J connectivity index is 1.23. The van der Waals surface area contributed by atoms with Crippen LogP contribution in [0.1, 0.15) is 29.9 Å². The molecule has 3 aromatic carbocycles. The molecule has 0 spiro atoms. The zero-order chi connectivity index (χ0) is 30.7. The number of hydrogen-bond donors (Lipinski definition) is 1. The lowest BCUT2D eigenvalue weighted by atomic mass is 9.52. The molecule has 0 bridgehead atoms. The van der Waals surface area contributed by atoms with Crippen molar-refractivity contribution < 1.29 is 33.6 Å². The lowest BCUT2D eigenvalue weighted by molar-refractivity contribution is -0.158. The van der Waals surface area contributed by atoms with E-state index in [9.17, 15) is 14.7 Å². The van der Waals surface area contributed by atoms with Crippen molar-refractivity contribution in [3.63, 3.8) is 0 Å². The van der Waals surface area contributed by atoms with E-state index in [0.717, 1.165) is 16.7 Å². The average Bonchev–Trinajstić information content (AvgIpc) is 3.50. The van der Waals surface area contributed by atoms with Gasteiger partial charge in [0.2, 0.25) is 0 Å². The lowest BCUT2D eigenvalue weighted by Gasteiger charge is -2.48. The summed E-state index contributed by atoms with van der Waals surface area (Å²) in [6.45, 7) is 5.70. The van der Waals surface area contributed by atoms with Gasteiger partial charge in [-0.2, -0.15) is 0 Å². The topological polar surface area (TPSA) is 122 Å². The summed E-state index contributed by atoms with van der Waals surface area (Å²) in [5.41, 5.74) is 2.97. The molecule has 0 unspecified atom stereocenters. The van der Waals surface area contributed by atoms with Crippen LogP contribution in [0.5, 0.6) is 5.75 Å². The highest BCUT2D eigenvalue weighted by Gasteiger charge is 2.59. The van der Waals surface area contributed by atoms with Crippen LogP contribution < -0.4 is 4.74 Å². The van der Waals surface area contributed by atoms with Crippen molar-refractivity contribution in [2.45, 2.75) is 25.3 Å². The highest BCUT2D eigenvalue weighted by Crippen LogP contribution is 2.58. The number of carbonyl (C=O) groups is 2. The minimum Gasteiger partial charge on any atom is -0.481 e. The third-order valence-electron chi connectivity index (χ3n) is 7.77. The van der Waals surface area contributed by atoms with Gasteiger partial charge in [-0.25, -0.2) is 4.68 Å². The molecule has 44 heavy (non-hydrogen) atoms. The largest absolute Gasteiger partial charge is 0.481 e. The maximum atomic E-state index is 13.8. The molecule has 1 aliphatic carbocycles. The minimum absolute atomic E-state index is 0.354. The standard InChI is InChI=1S/C34H37N3O7/c1-2-41-18-19-43-21-20-42-17-16-37-23-28(35-36-37)26-14-9-15-27(22-26)44-34(40)32-29(24-10-5-3-6-11-24)31(33(38)39)30(32)25-12-7-4-8-13-25/h3-15,22-23,29-32H,2,16-21H2,1H3,(H,38,39)/t29-,30-,31-,32-/m0/s1. The summed E-state index contributed by atoms with van der Waals surface area (Å²) < 4.78 is 23.9. The first kappa shape index (κ1) is 31.1. The van der Waals surface area contributed by atoms with E-state index in [-0.39, 0.29) is 0 Å². The second-order valence-corrected chi connectivity index (χ2v) is 10.5. The number of carbonyl (C=O) groups excluding carboxylic acids is 1. The number of nitrogens with zero attached hydrogens (tertiary/aromatic N) is 3. The van der Waals surface area contributed by atoms with Crippen LogP contribution in [0, 0.1) is 11.8 Å². The molecule has 0 radical (unpaired) electrons. The van der Waals surface area contributed by atoms with Gasteiger partial charge in [0.05, 0.1) is 57.6 Å². The molecule has 1 saturated carbocycles. The Morgan fingerprint density at radius 1 is 0.773 bits per heavy atom. The number of carboxylic acid groups (broad SMARTS) is 1. The van der Waals surface area contributed by atoms with E-state index < -0.39 is 35.6 Å². The average molecular weight is 600 g/mol. The van der Waals surface area contributed by atoms with Crippen molar-refractivity contribution in [1.82, 2.24) is 15.0 Å². The van der Waals surface area contributed by atoms with Crippen molar-refractivity contribution in [1.29, 1.82) is 0 Å². The highest BCUT2D eigenvalue weighted by molar-refractivity contribution is 5.85. The molecule has 1 heterocycles. The fourth-order valence-corrected chi connectivity index (χ4v) is 5.71. The normalized spacial score (nSPS) is 19.3. The zero-order valence-electron chi connectivity index (χ0n) is 24.7. The Kier molecular flexibility index (Phi) is 10.9. The van der Waals surface area contributed by atoms with Gasteiger partial charge in [0.1, 0.15) is 11.4 Å². The van der Waals surface area contributed by atoms with Crippen LogP contribution >= 0.6 is 0 Å². The van der Waals surface area contributed by atoms with Gasteiger partial charge >= 0.3 is 11.9 Å². The molecule has 4 aromatic rings. The highest BCUT2D eigenvalue weighted by atomic mass is 16.5. The van der Waals surface area contributed by atoms with Gasteiger partial charge in [0.15, 0.2) is 0 Å². The maximum Gasteiger partial charge on any atom is 0.315 e. The van der Waals surface area contributed by atoms with Crippen LogP contribution in [-0.2, 0) is 30.3 Å². The molecule has 0 saturated heterocycles. The van der Waals surface area contributed by atoms with E-state index in [1.165, 1.54) is 0 Å². The number of aliphatic carboxylic acids is 1. The molecule has 1 N–H and O–H groups in total. The van der Waals surface area contributed by atoms with Crippen molar-refractivity contribution in [3.05, 3.63) is 102 Å². The Morgan fingerprint density at radius 3 is 2.00 bits per heavy atom. The molecular formula is C34H37N3O7. The van der Waals surface area contributed by atoms with Crippen LogP contribution in [0.4, 0.5) is 0 Å². The monoisotopic (exact) mass is 599 g/mol. The molecule has 2 atom stereocenters. The van der Waals surface area contributed by atoms with Gasteiger partial charge in [-0.1, -0.05) is 78.0 Å². The number of ether oxygens (including phenoxy) is 4. The van der Waals surface area contributed by atoms with Gasteiger partial charge < -0.3 is 24.1 Å². The Morgan fingerprint density at radius 2 is 1.39 bits per heavy atom. The molecule has 0 aliphatic heterocycles. The van der Waals surface area contributed by atoms with E-state index >= 15 is 0 Å². The number of hydrogen-bond acceptors (Lipinski definition) is 8. The van der Waals surface area contributed by atoms with Crippen molar-refractivity contribution in [2.24, 2.45) is 11.8 Å². The smallest absolute Gasteiger partial charge is 0.315 e. The molecule has 1 aliphatic rings. The number of carboxylic acids is 1. The number of aromatic nitrogens is 3. The third-order valence-corrected chi connectivity index (χ3v) is 7.77. The van der Waals surface area contributed by atoms with Gasteiger partial charge in [0, 0.05) is 24.0 Å². The lowest BCUT2D eigenvalue weighted by Crippen LogP contribution is -2.52. The van der Waals surface area contributed by atoms with Gasteiger partial charge in [-0.05, 0) is 30.2 Å². The molecular weight excluding hydrogens is 562 g/mol. The fourth-order valence-electron chi connectivity index (χ4n) is 5.71. The van der Waals surface area contributed by atoms with Crippen LogP contribution in [0.3, 0.4) is 0 Å². The van der Waals surface area contributed by atoms with Gasteiger partial charge in [0.25, 0.3) is 0 Å². The van der Waals surface area contributed by atoms with Crippen LogP contribution in [0.2, 0.25) is 0 Å². The summed E-state index contributed by atoms with van der Waals surface area (Å²) in [6.07, 6.45) is 1.81. The Hall–Kier alpha value is -4.38. The van der Waals surface area contributed by atoms with Crippen molar-refractivity contribution in [3.8, 4) is 17.0 Å². The number of benzene rings is 3. The quantitative estimate of drug-likeness (QED) is 0.110. The van der Waals surface area contributed by atoms with E-state index in [0.29, 0.717) is 57.6 Å². The molecule has 230 valence electrons. The Labute approximate surface area is 256 Å². The first-order chi connectivity index (χ1) is 21.6. The van der Waals surface area contributed by atoms with Crippen molar-refractivity contribution in [2.75, 3.05) is 39.6 Å². The summed E-state index contributed by atoms with van der Waals surface area (Å²) in [6, 6.07) is 25.7. The van der Waals surface area contributed by atoms with E-state index in [1.807, 2.05) is 79.9 Å². The predicted octanol–water partition coefficient (Wildman–Crippen LogP) is 4.82. The first-order valence-corrected chi connectivity index (χ1v) is 14.8. The summed E-state index contributed by atoms with van der Waals surface area (Å²) in [7, 11) is 0. The van der Waals surface area contributed by atoms with E-state index in [1.54, 1.807) is 22.9 Å². The fraction of sp³-hybridized carbons (Fsp3) is 0.353. The van der Waals surface area contributed by atoms with Gasteiger partial charge in [-0.15, -0.1) is 5.10 Å². The van der Waals surface area contributed by atoms with Gasteiger partial charge in [-0.3, -0.25) is 9.59 Å². The number of esters is 1. The van der Waals surface area contributed by atoms with Crippen LogP contribution in [0.25, 0.3) is 11.3 Å². The third kappa shape index (κ3) is 7.57. The van der Waals surface area contributed by atoms with Crippen molar-refractivity contribution >= 4 is 11.9 Å². The molecule has 10 heteroatoms. The SMILES string of the molecule is CCOCCOCCOCCn1cc(-c2cccc(OC(=O)[C@H]3[C@@H](c4ccccc4)[C@H](C(=O)O)[C@@H]3c3ccccc3)c2)nn1. The first-order valence-electron chi connectivity index (χ1n) is 14.8. The second-order valence-electron chi connectivity index (χ2n) is 10.5. The van der Waals surface area contributed by atoms with E-state index in [2.05, 4.69) is 10.3 Å². The molecule has 1 fully saturated rings. The molecule has 5 rings (SSSR count).